The number of carbonyl (C=O) groups is 1. The van der Waals surface area contributed by atoms with Crippen molar-refractivity contribution in [2.45, 2.75) is 32.3 Å². The highest BCUT2D eigenvalue weighted by molar-refractivity contribution is 7.99. The fourth-order valence-electron chi connectivity index (χ4n) is 1.87. The molecule has 0 heterocycles. The van der Waals surface area contributed by atoms with Gasteiger partial charge in [-0.15, -0.1) is 0 Å². The summed E-state index contributed by atoms with van der Waals surface area (Å²) in [5, 5.41) is 18.5. The van der Waals surface area contributed by atoms with Gasteiger partial charge in [0.05, 0.1) is 6.10 Å². The van der Waals surface area contributed by atoms with E-state index in [4.69, 9.17) is 5.11 Å². The van der Waals surface area contributed by atoms with Gasteiger partial charge in [0.1, 0.15) is 5.78 Å². The van der Waals surface area contributed by atoms with Gasteiger partial charge in [0.15, 0.2) is 0 Å². The number of carbonyl (C=O) groups excluding carboxylic acids is 1. The molecule has 0 aliphatic heterocycles. The van der Waals surface area contributed by atoms with Gasteiger partial charge in [0.25, 0.3) is 0 Å². The van der Waals surface area contributed by atoms with Gasteiger partial charge >= 0.3 is 0 Å². The molecule has 88 valence electrons. The Bertz CT molecular complexity index is 208. The van der Waals surface area contributed by atoms with Crippen LogP contribution in [0.15, 0.2) is 0 Å². The molecule has 2 N–H and O–H groups in total. The van der Waals surface area contributed by atoms with Crippen LogP contribution in [0.25, 0.3) is 0 Å². The van der Waals surface area contributed by atoms with Crippen LogP contribution in [0.3, 0.4) is 0 Å². The molecule has 0 saturated heterocycles. The molecule has 0 aromatic carbocycles. The Balaban J connectivity index is 2.27. The average molecular weight is 232 g/mol. The molecule has 1 rings (SSSR count). The number of aliphatic hydroxyl groups excluding tert-OH is 2. The molecule has 0 bridgehead atoms. The highest BCUT2D eigenvalue weighted by Gasteiger charge is 2.33. The second kappa shape index (κ2) is 6.51. The third-order valence-electron chi connectivity index (χ3n) is 3.06. The number of Topliss-reactive ketones (excluding diaryl/α,β-unsaturated/α-hetero) is 1. The lowest BCUT2D eigenvalue weighted by Gasteiger charge is -2.16. The average Bonchev–Trinajstić information content (AvgIpc) is 2.60. The zero-order valence-electron chi connectivity index (χ0n) is 9.19. The third kappa shape index (κ3) is 3.78. The maximum absolute atomic E-state index is 11.5. The van der Waals surface area contributed by atoms with Crippen molar-refractivity contribution in [3.63, 3.8) is 0 Å². The first-order valence-electron chi connectivity index (χ1n) is 5.58. The van der Waals surface area contributed by atoms with Gasteiger partial charge in [0, 0.05) is 30.5 Å². The van der Waals surface area contributed by atoms with Crippen molar-refractivity contribution >= 4 is 17.5 Å². The topological polar surface area (TPSA) is 57.5 Å². The van der Waals surface area contributed by atoms with E-state index in [1.165, 1.54) is 0 Å². The lowest BCUT2D eigenvalue weighted by molar-refractivity contribution is -0.120. The molecule has 1 aliphatic rings. The van der Waals surface area contributed by atoms with Crippen LogP contribution < -0.4 is 0 Å². The van der Waals surface area contributed by atoms with Crippen molar-refractivity contribution < 1.29 is 15.0 Å². The minimum Gasteiger partial charge on any atom is -0.396 e. The third-order valence-corrected chi connectivity index (χ3v) is 4.27. The zero-order valence-corrected chi connectivity index (χ0v) is 10.0. The molecular formula is C11H20O3S. The number of rotatable bonds is 6. The summed E-state index contributed by atoms with van der Waals surface area (Å²) in [6, 6.07) is 0. The number of hydrogen-bond acceptors (Lipinski definition) is 4. The van der Waals surface area contributed by atoms with Gasteiger partial charge in [-0.25, -0.2) is 0 Å². The Hall–Kier alpha value is -0.0600. The van der Waals surface area contributed by atoms with Crippen LogP contribution in [0.2, 0.25) is 0 Å². The number of thioether (sulfide) groups is 1. The molecule has 3 atom stereocenters. The SMILES string of the molecule is CCC(O)CSC[C@@H]1C(=O)CC[C@H]1CO. The minimum atomic E-state index is -0.265. The summed E-state index contributed by atoms with van der Waals surface area (Å²) in [4.78, 5) is 11.5. The van der Waals surface area contributed by atoms with E-state index in [0.29, 0.717) is 12.2 Å². The van der Waals surface area contributed by atoms with Crippen LogP contribution >= 0.6 is 11.8 Å². The summed E-state index contributed by atoms with van der Waals surface area (Å²) in [5.41, 5.74) is 0. The van der Waals surface area contributed by atoms with Crippen LogP contribution in [0, 0.1) is 11.8 Å². The molecule has 0 aromatic rings. The number of hydrogen-bond donors (Lipinski definition) is 2. The Morgan fingerprint density at radius 3 is 2.93 bits per heavy atom. The molecule has 15 heavy (non-hydrogen) atoms. The fourth-order valence-corrected chi connectivity index (χ4v) is 3.23. The molecule has 0 spiro atoms. The Labute approximate surface area is 95.3 Å². The Morgan fingerprint density at radius 2 is 2.33 bits per heavy atom. The van der Waals surface area contributed by atoms with Gasteiger partial charge < -0.3 is 10.2 Å². The molecule has 4 heteroatoms. The number of ketones is 1. The highest BCUT2D eigenvalue weighted by Crippen LogP contribution is 2.31. The molecule has 1 fully saturated rings. The molecule has 0 amide bonds. The lowest BCUT2D eigenvalue weighted by atomic mass is 9.99. The summed E-state index contributed by atoms with van der Waals surface area (Å²) >= 11 is 1.62. The minimum absolute atomic E-state index is 0.0176. The summed E-state index contributed by atoms with van der Waals surface area (Å²) in [6.45, 7) is 2.07. The second-order valence-corrected chi connectivity index (χ2v) is 5.23. The van der Waals surface area contributed by atoms with Crippen molar-refractivity contribution in [1.29, 1.82) is 0 Å². The van der Waals surface area contributed by atoms with Gasteiger partial charge in [0.2, 0.25) is 0 Å². The van der Waals surface area contributed by atoms with E-state index in [1.807, 2.05) is 6.92 Å². The maximum Gasteiger partial charge on any atom is 0.137 e. The van der Waals surface area contributed by atoms with Gasteiger partial charge in [-0.05, 0) is 18.8 Å². The molecular weight excluding hydrogens is 212 g/mol. The van der Waals surface area contributed by atoms with Gasteiger partial charge in [-0.2, -0.15) is 11.8 Å². The van der Waals surface area contributed by atoms with Gasteiger partial charge in [-0.1, -0.05) is 6.92 Å². The normalized spacial score (nSPS) is 28.3. The summed E-state index contributed by atoms with van der Waals surface area (Å²) in [6.07, 6.45) is 1.94. The lowest BCUT2D eigenvalue weighted by Crippen LogP contribution is -2.21. The monoisotopic (exact) mass is 232 g/mol. The summed E-state index contributed by atoms with van der Waals surface area (Å²) in [5.74, 6) is 1.90. The highest BCUT2D eigenvalue weighted by atomic mass is 32.2. The van der Waals surface area contributed by atoms with Crippen molar-refractivity contribution in [2.75, 3.05) is 18.1 Å². The first-order valence-corrected chi connectivity index (χ1v) is 6.73. The van der Waals surface area contributed by atoms with Crippen LogP contribution in [0.5, 0.6) is 0 Å². The van der Waals surface area contributed by atoms with Crippen molar-refractivity contribution in [3.05, 3.63) is 0 Å². The summed E-state index contributed by atoms with van der Waals surface area (Å²) in [7, 11) is 0. The fraction of sp³-hybridized carbons (Fsp3) is 0.909. The molecule has 1 unspecified atom stereocenters. The molecule has 1 aliphatic carbocycles. The molecule has 1 saturated carbocycles. The maximum atomic E-state index is 11.5. The second-order valence-electron chi connectivity index (χ2n) is 4.15. The van der Waals surface area contributed by atoms with E-state index in [1.54, 1.807) is 11.8 Å². The Morgan fingerprint density at radius 1 is 1.60 bits per heavy atom. The first kappa shape index (κ1) is 13.0. The van der Waals surface area contributed by atoms with E-state index in [2.05, 4.69) is 0 Å². The van der Waals surface area contributed by atoms with Crippen LogP contribution in [0.1, 0.15) is 26.2 Å². The zero-order chi connectivity index (χ0) is 11.3. The van der Waals surface area contributed by atoms with Crippen LogP contribution in [-0.2, 0) is 4.79 Å². The molecule has 0 radical (unpaired) electrons. The Kier molecular flexibility index (Phi) is 5.64. The van der Waals surface area contributed by atoms with E-state index < -0.39 is 0 Å². The van der Waals surface area contributed by atoms with Gasteiger partial charge in [-0.3, -0.25) is 4.79 Å². The van der Waals surface area contributed by atoms with E-state index in [9.17, 15) is 9.90 Å². The van der Waals surface area contributed by atoms with E-state index in [-0.39, 0.29) is 30.3 Å². The first-order chi connectivity index (χ1) is 7.19. The number of aliphatic hydroxyl groups is 2. The predicted octanol–water partition coefficient (Wildman–Crippen LogP) is 1.08. The van der Waals surface area contributed by atoms with Crippen molar-refractivity contribution in [1.82, 2.24) is 0 Å². The quantitative estimate of drug-likeness (QED) is 0.719. The van der Waals surface area contributed by atoms with Crippen molar-refractivity contribution in [2.24, 2.45) is 11.8 Å². The molecule has 0 aromatic heterocycles. The predicted molar refractivity (Wildman–Crippen MR) is 61.9 cm³/mol. The molecule has 3 nitrogen and oxygen atoms in total. The van der Waals surface area contributed by atoms with E-state index in [0.717, 1.165) is 18.6 Å². The standard InChI is InChI=1S/C11H20O3S/c1-2-9(13)6-15-7-10-8(5-12)3-4-11(10)14/h8-10,12-13H,2-7H2,1H3/t8-,9?,10-/m0/s1. The summed E-state index contributed by atoms with van der Waals surface area (Å²) < 4.78 is 0. The van der Waals surface area contributed by atoms with Crippen molar-refractivity contribution in [3.8, 4) is 0 Å². The van der Waals surface area contributed by atoms with Crippen LogP contribution in [-0.4, -0.2) is 40.2 Å². The van der Waals surface area contributed by atoms with E-state index >= 15 is 0 Å². The smallest absolute Gasteiger partial charge is 0.137 e. The largest absolute Gasteiger partial charge is 0.396 e. The van der Waals surface area contributed by atoms with Crippen LogP contribution in [0.4, 0.5) is 0 Å².